The summed E-state index contributed by atoms with van der Waals surface area (Å²) in [4.78, 5) is 4.62. The van der Waals surface area contributed by atoms with Gasteiger partial charge < -0.3 is 4.40 Å². The van der Waals surface area contributed by atoms with Gasteiger partial charge in [-0.05, 0) is 25.1 Å². The van der Waals surface area contributed by atoms with E-state index in [1.807, 2.05) is 41.8 Å². The van der Waals surface area contributed by atoms with Crippen molar-refractivity contribution in [2.75, 3.05) is 0 Å². The molecule has 2 nitrogen and oxygen atoms in total. The van der Waals surface area contributed by atoms with Crippen molar-refractivity contribution in [2.45, 2.75) is 6.92 Å². The van der Waals surface area contributed by atoms with Crippen LogP contribution in [0.25, 0.3) is 16.9 Å². The molecule has 0 atom stereocenters. The predicted molar refractivity (Wildman–Crippen MR) is 83.1 cm³/mol. The molecule has 5 heteroatoms. The fourth-order valence-electron chi connectivity index (χ4n) is 2.10. The lowest BCUT2D eigenvalue weighted by Crippen LogP contribution is -1.88. The fourth-order valence-corrected chi connectivity index (χ4v) is 3.01. The van der Waals surface area contributed by atoms with E-state index in [2.05, 4.69) is 20.9 Å². The number of hydrogen-bond donors (Lipinski definition) is 0. The van der Waals surface area contributed by atoms with Crippen LogP contribution < -0.4 is 0 Å². The molecule has 2 heterocycles. The van der Waals surface area contributed by atoms with E-state index in [9.17, 15) is 0 Å². The second kappa shape index (κ2) is 4.82. The Bertz CT molecular complexity index is 780. The van der Waals surface area contributed by atoms with Crippen LogP contribution in [0.5, 0.6) is 0 Å². The monoisotopic (exact) mass is 354 g/mol. The number of halogens is 3. The van der Waals surface area contributed by atoms with Crippen LogP contribution in [0.4, 0.5) is 0 Å². The highest BCUT2D eigenvalue weighted by atomic mass is 79.9. The number of rotatable bonds is 1. The van der Waals surface area contributed by atoms with Crippen LogP contribution in [-0.4, -0.2) is 9.38 Å². The first-order valence-corrected chi connectivity index (χ1v) is 7.21. The van der Waals surface area contributed by atoms with Gasteiger partial charge in [0.25, 0.3) is 0 Å². The van der Waals surface area contributed by atoms with E-state index in [1.54, 1.807) is 6.07 Å². The molecule has 0 unspecified atom stereocenters. The van der Waals surface area contributed by atoms with Crippen LogP contribution in [0.15, 0.2) is 41.0 Å². The minimum atomic E-state index is 0.553. The summed E-state index contributed by atoms with van der Waals surface area (Å²) < 4.78 is 2.94. The molecule has 0 saturated carbocycles. The maximum atomic E-state index is 6.19. The largest absolute Gasteiger partial charge is 0.301 e. The zero-order chi connectivity index (χ0) is 13.6. The molecule has 2 aromatic heterocycles. The van der Waals surface area contributed by atoms with Gasteiger partial charge in [-0.15, -0.1) is 0 Å². The number of imidazole rings is 1. The average molecular weight is 356 g/mol. The Morgan fingerprint density at radius 3 is 2.74 bits per heavy atom. The molecular weight excluding hydrogens is 347 g/mol. The van der Waals surface area contributed by atoms with Crippen LogP contribution in [0.3, 0.4) is 0 Å². The Hall–Kier alpha value is -1.03. The van der Waals surface area contributed by atoms with E-state index in [-0.39, 0.29) is 0 Å². The predicted octanol–water partition coefficient (Wildman–Crippen LogP) is 5.38. The van der Waals surface area contributed by atoms with Crippen LogP contribution >= 0.6 is 39.1 Å². The molecule has 0 aliphatic rings. The topological polar surface area (TPSA) is 17.3 Å². The third kappa shape index (κ3) is 2.27. The van der Waals surface area contributed by atoms with Gasteiger partial charge in [0.2, 0.25) is 0 Å². The van der Waals surface area contributed by atoms with Crippen molar-refractivity contribution in [3.05, 3.63) is 56.7 Å². The van der Waals surface area contributed by atoms with E-state index < -0.39 is 0 Å². The molecule has 19 heavy (non-hydrogen) atoms. The number of aromatic nitrogens is 2. The molecule has 0 radical (unpaired) electrons. The van der Waals surface area contributed by atoms with E-state index in [0.29, 0.717) is 10.0 Å². The summed E-state index contributed by atoms with van der Waals surface area (Å²) in [5, 5.41) is 1.15. The first kappa shape index (κ1) is 13.0. The molecule has 3 aromatic rings. The molecular formula is C14H9BrCl2N2. The van der Waals surface area contributed by atoms with Crippen LogP contribution in [0, 0.1) is 6.92 Å². The van der Waals surface area contributed by atoms with Gasteiger partial charge in [-0.25, -0.2) is 4.98 Å². The number of nitrogens with zero attached hydrogens (tertiary/aromatic N) is 2. The van der Waals surface area contributed by atoms with Gasteiger partial charge >= 0.3 is 0 Å². The van der Waals surface area contributed by atoms with E-state index in [0.717, 1.165) is 27.1 Å². The average Bonchev–Trinajstić information content (AvgIpc) is 2.68. The van der Waals surface area contributed by atoms with Gasteiger partial charge in [0.15, 0.2) is 5.65 Å². The second-order valence-electron chi connectivity index (χ2n) is 4.26. The molecule has 0 N–H and O–H groups in total. The molecule has 3 rings (SSSR count). The minimum Gasteiger partial charge on any atom is -0.301 e. The van der Waals surface area contributed by atoms with Crippen molar-refractivity contribution < 1.29 is 0 Å². The molecule has 96 valence electrons. The minimum absolute atomic E-state index is 0.553. The number of benzene rings is 1. The first-order chi connectivity index (χ1) is 9.06. The van der Waals surface area contributed by atoms with Gasteiger partial charge in [-0.2, -0.15) is 0 Å². The maximum absolute atomic E-state index is 6.19. The Kier molecular flexibility index (Phi) is 3.29. The summed E-state index contributed by atoms with van der Waals surface area (Å²) in [6.07, 6.45) is 1.83. The van der Waals surface area contributed by atoms with Gasteiger partial charge in [-0.1, -0.05) is 51.3 Å². The Morgan fingerprint density at radius 1 is 1.21 bits per heavy atom. The van der Waals surface area contributed by atoms with E-state index in [4.69, 9.17) is 23.2 Å². The fraction of sp³-hybridized carbons (Fsp3) is 0.0714. The van der Waals surface area contributed by atoms with Crippen LogP contribution in [-0.2, 0) is 0 Å². The zero-order valence-corrected chi connectivity index (χ0v) is 13.1. The normalized spacial score (nSPS) is 11.2. The highest BCUT2D eigenvalue weighted by Crippen LogP contribution is 2.30. The standard InChI is InChI=1S/C14H9BrCl2N2/c1-8-13(9-3-2-4-10(15)5-9)18-14-12(17)6-11(16)7-19(8)14/h2-7H,1H3. The first-order valence-electron chi connectivity index (χ1n) is 5.66. The van der Waals surface area contributed by atoms with Crippen molar-refractivity contribution >= 4 is 44.8 Å². The summed E-state index contributed by atoms with van der Waals surface area (Å²) in [6, 6.07) is 9.73. The number of pyridine rings is 1. The maximum Gasteiger partial charge on any atom is 0.156 e. The third-order valence-corrected chi connectivity index (χ3v) is 3.96. The van der Waals surface area contributed by atoms with Crippen LogP contribution in [0.2, 0.25) is 10.0 Å². The highest BCUT2D eigenvalue weighted by Gasteiger charge is 2.13. The number of aryl methyl sites for hydroxylation is 1. The SMILES string of the molecule is Cc1c(-c2cccc(Br)c2)nc2c(Cl)cc(Cl)cn12. The Labute approximate surface area is 129 Å². The smallest absolute Gasteiger partial charge is 0.156 e. The summed E-state index contributed by atoms with van der Waals surface area (Å²) >= 11 is 15.7. The quantitative estimate of drug-likeness (QED) is 0.572. The molecule has 0 aliphatic heterocycles. The molecule has 0 spiro atoms. The van der Waals surface area contributed by atoms with Crippen molar-refractivity contribution in [1.82, 2.24) is 9.38 Å². The van der Waals surface area contributed by atoms with Crippen molar-refractivity contribution in [2.24, 2.45) is 0 Å². The van der Waals surface area contributed by atoms with Gasteiger partial charge in [0.05, 0.1) is 15.7 Å². The molecule has 0 amide bonds. The lowest BCUT2D eigenvalue weighted by atomic mass is 10.1. The van der Waals surface area contributed by atoms with Crippen LogP contribution in [0.1, 0.15) is 5.69 Å². The van der Waals surface area contributed by atoms with Gasteiger partial charge in [0, 0.05) is 21.9 Å². The molecule has 0 fully saturated rings. The highest BCUT2D eigenvalue weighted by molar-refractivity contribution is 9.10. The number of hydrogen-bond acceptors (Lipinski definition) is 1. The Morgan fingerprint density at radius 2 is 2.00 bits per heavy atom. The van der Waals surface area contributed by atoms with Gasteiger partial charge in [0.1, 0.15) is 0 Å². The molecule has 0 aliphatic carbocycles. The summed E-state index contributed by atoms with van der Waals surface area (Å²) in [7, 11) is 0. The summed E-state index contributed by atoms with van der Waals surface area (Å²) in [5.74, 6) is 0. The summed E-state index contributed by atoms with van der Waals surface area (Å²) in [5.41, 5.74) is 3.68. The van der Waals surface area contributed by atoms with E-state index in [1.165, 1.54) is 0 Å². The second-order valence-corrected chi connectivity index (χ2v) is 6.02. The van der Waals surface area contributed by atoms with Crippen molar-refractivity contribution in [3.63, 3.8) is 0 Å². The lowest BCUT2D eigenvalue weighted by Gasteiger charge is -2.01. The lowest BCUT2D eigenvalue weighted by molar-refractivity contribution is 1.11. The number of fused-ring (bicyclic) bond motifs is 1. The molecule has 0 bridgehead atoms. The zero-order valence-electron chi connectivity index (χ0n) is 9.99. The van der Waals surface area contributed by atoms with Gasteiger partial charge in [-0.3, -0.25) is 0 Å². The Balaban J connectivity index is 2.31. The molecule has 0 saturated heterocycles. The molecule has 1 aromatic carbocycles. The third-order valence-electron chi connectivity index (χ3n) is 2.98. The van der Waals surface area contributed by atoms with Crippen molar-refractivity contribution in [3.8, 4) is 11.3 Å². The van der Waals surface area contributed by atoms with Crippen molar-refractivity contribution in [1.29, 1.82) is 0 Å². The summed E-state index contributed by atoms with van der Waals surface area (Å²) in [6.45, 7) is 2.00. The van der Waals surface area contributed by atoms with E-state index >= 15 is 0 Å².